The fourth-order valence-corrected chi connectivity index (χ4v) is 2.97. The highest BCUT2D eigenvalue weighted by Crippen LogP contribution is 2.22. The van der Waals surface area contributed by atoms with Crippen LogP contribution in [0.15, 0.2) is 35.1 Å². The summed E-state index contributed by atoms with van der Waals surface area (Å²) in [6, 6.07) is 7.24. The molecule has 0 bridgehead atoms. The Morgan fingerprint density at radius 1 is 1.41 bits per heavy atom. The third-order valence-electron chi connectivity index (χ3n) is 4.26. The second-order valence-electron chi connectivity index (χ2n) is 6.17. The topological polar surface area (TPSA) is 119 Å². The lowest BCUT2D eigenvalue weighted by Crippen LogP contribution is -2.47. The highest BCUT2D eigenvalue weighted by Gasteiger charge is 2.22. The van der Waals surface area contributed by atoms with Gasteiger partial charge in [0.1, 0.15) is 5.69 Å². The number of aryl methyl sites for hydroxylation is 1. The number of benzene rings is 1. The number of piperidine rings is 1. The standard InChI is InChI=1S/C17H19N5O4.ClH/c1-11-9-15(23)16(17(24)19-12-5-4-8-18-10-12)20-21(11)13-6-2-3-7-14(13)22(25)26;/h2-3,6-7,9,12,18H,4-5,8,10H2,1H3,(H,19,24);1H. The van der Waals surface area contributed by atoms with Gasteiger partial charge in [-0.15, -0.1) is 12.4 Å². The number of para-hydroxylation sites is 2. The van der Waals surface area contributed by atoms with Gasteiger partial charge in [-0.2, -0.15) is 5.10 Å². The molecule has 1 aromatic carbocycles. The van der Waals surface area contributed by atoms with Gasteiger partial charge >= 0.3 is 0 Å². The fourth-order valence-electron chi connectivity index (χ4n) is 2.97. The first kappa shape index (κ1) is 20.5. The van der Waals surface area contributed by atoms with Gasteiger partial charge in [-0.05, 0) is 32.4 Å². The van der Waals surface area contributed by atoms with Crippen molar-refractivity contribution in [3.8, 4) is 5.69 Å². The van der Waals surface area contributed by atoms with Crippen LogP contribution in [0.3, 0.4) is 0 Å². The van der Waals surface area contributed by atoms with Gasteiger partial charge in [0.25, 0.3) is 11.6 Å². The summed E-state index contributed by atoms with van der Waals surface area (Å²) in [7, 11) is 0. The third-order valence-corrected chi connectivity index (χ3v) is 4.26. The first-order chi connectivity index (χ1) is 12.5. The zero-order chi connectivity index (χ0) is 18.7. The van der Waals surface area contributed by atoms with Gasteiger partial charge in [-0.25, -0.2) is 4.68 Å². The maximum Gasteiger partial charge on any atom is 0.294 e. The molecule has 0 saturated carbocycles. The van der Waals surface area contributed by atoms with Crippen molar-refractivity contribution in [2.24, 2.45) is 0 Å². The second kappa shape index (κ2) is 8.74. The first-order valence-corrected chi connectivity index (χ1v) is 8.33. The van der Waals surface area contributed by atoms with Gasteiger partial charge in [-0.3, -0.25) is 19.7 Å². The maximum atomic E-state index is 12.5. The summed E-state index contributed by atoms with van der Waals surface area (Å²) in [4.78, 5) is 35.5. The van der Waals surface area contributed by atoms with E-state index in [1.807, 2.05) is 0 Å². The van der Waals surface area contributed by atoms with Crippen molar-refractivity contribution in [3.63, 3.8) is 0 Å². The minimum absolute atomic E-state index is 0. The molecule has 27 heavy (non-hydrogen) atoms. The van der Waals surface area contributed by atoms with Crippen LogP contribution in [0.2, 0.25) is 0 Å². The van der Waals surface area contributed by atoms with Crippen molar-refractivity contribution in [1.29, 1.82) is 0 Å². The highest BCUT2D eigenvalue weighted by atomic mass is 35.5. The Morgan fingerprint density at radius 3 is 2.81 bits per heavy atom. The molecule has 9 nitrogen and oxygen atoms in total. The SMILES string of the molecule is Cc1cc(=O)c(C(=O)NC2CCCNC2)nn1-c1ccccc1[N+](=O)[O-].Cl. The Balaban J connectivity index is 0.00000261. The summed E-state index contributed by atoms with van der Waals surface area (Å²) in [6.07, 6.45) is 1.76. The molecule has 1 aliphatic rings. The molecule has 2 N–H and O–H groups in total. The Bertz CT molecular complexity index is 908. The van der Waals surface area contributed by atoms with E-state index in [0.29, 0.717) is 12.2 Å². The minimum Gasteiger partial charge on any atom is -0.347 e. The molecule has 144 valence electrons. The average molecular weight is 394 g/mol. The van der Waals surface area contributed by atoms with Crippen LogP contribution in [0.1, 0.15) is 29.0 Å². The van der Waals surface area contributed by atoms with E-state index in [1.54, 1.807) is 19.1 Å². The number of halogens is 1. The van der Waals surface area contributed by atoms with Gasteiger partial charge in [0, 0.05) is 30.4 Å². The Kier molecular flexibility index (Phi) is 6.65. The van der Waals surface area contributed by atoms with Crippen LogP contribution in [0, 0.1) is 17.0 Å². The molecular formula is C17H20ClN5O4. The van der Waals surface area contributed by atoms with Gasteiger partial charge < -0.3 is 10.6 Å². The molecule has 10 heteroatoms. The normalized spacial score (nSPS) is 16.3. The Labute approximate surface area is 161 Å². The minimum atomic E-state index is -0.573. The van der Waals surface area contributed by atoms with Crippen molar-refractivity contribution in [2.45, 2.75) is 25.8 Å². The zero-order valence-corrected chi connectivity index (χ0v) is 15.5. The predicted molar refractivity (Wildman–Crippen MR) is 102 cm³/mol. The van der Waals surface area contributed by atoms with Crippen LogP contribution in [-0.2, 0) is 0 Å². The van der Waals surface area contributed by atoms with E-state index in [-0.39, 0.29) is 35.5 Å². The number of rotatable bonds is 4. The number of carbonyl (C=O) groups excluding carboxylic acids is 1. The van der Waals surface area contributed by atoms with Gasteiger partial charge in [0.2, 0.25) is 5.43 Å². The summed E-state index contributed by atoms with van der Waals surface area (Å²) in [5.74, 6) is -0.573. The van der Waals surface area contributed by atoms with E-state index < -0.39 is 16.3 Å². The van der Waals surface area contributed by atoms with Crippen LogP contribution < -0.4 is 16.1 Å². The van der Waals surface area contributed by atoms with E-state index in [9.17, 15) is 19.7 Å². The lowest BCUT2D eigenvalue weighted by atomic mass is 10.1. The third kappa shape index (κ3) is 4.50. The number of nitro benzene ring substituents is 1. The molecule has 1 unspecified atom stereocenters. The number of amides is 1. The molecule has 0 radical (unpaired) electrons. The molecule has 1 fully saturated rings. The van der Waals surface area contributed by atoms with E-state index in [2.05, 4.69) is 15.7 Å². The summed E-state index contributed by atoms with van der Waals surface area (Å²) < 4.78 is 1.26. The van der Waals surface area contributed by atoms with E-state index in [0.717, 1.165) is 19.4 Å². The average Bonchev–Trinajstić information content (AvgIpc) is 2.62. The molecule has 2 aromatic rings. The molecular weight excluding hydrogens is 374 g/mol. The summed E-state index contributed by atoms with van der Waals surface area (Å²) in [5, 5.41) is 21.4. The van der Waals surface area contributed by atoms with Crippen LogP contribution >= 0.6 is 12.4 Å². The molecule has 1 aliphatic heterocycles. The van der Waals surface area contributed by atoms with Gasteiger partial charge in [-0.1, -0.05) is 12.1 Å². The fraction of sp³-hybridized carbons (Fsp3) is 0.353. The summed E-state index contributed by atoms with van der Waals surface area (Å²) in [6.45, 7) is 3.15. The highest BCUT2D eigenvalue weighted by molar-refractivity contribution is 5.92. The number of nitrogens with one attached hydrogen (secondary N) is 2. The smallest absolute Gasteiger partial charge is 0.294 e. The Morgan fingerprint density at radius 2 is 2.15 bits per heavy atom. The summed E-state index contributed by atoms with van der Waals surface area (Å²) in [5.41, 5.74) is -0.351. The predicted octanol–water partition coefficient (Wildman–Crippen LogP) is 1.35. The molecule has 1 amide bonds. The van der Waals surface area contributed by atoms with E-state index in [4.69, 9.17) is 0 Å². The van der Waals surface area contributed by atoms with E-state index in [1.165, 1.54) is 22.9 Å². The largest absolute Gasteiger partial charge is 0.347 e. The second-order valence-corrected chi connectivity index (χ2v) is 6.17. The maximum absolute atomic E-state index is 12.5. The lowest BCUT2D eigenvalue weighted by Gasteiger charge is -2.23. The molecule has 1 aromatic heterocycles. The van der Waals surface area contributed by atoms with Crippen molar-refractivity contribution in [1.82, 2.24) is 20.4 Å². The molecule has 2 heterocycles. The van der Waals surface area contributed by atoms with Crippen LogP contribution in [0.25, 0.3) is 5.69 Å². The van der Waals surface area contributed by atoms with Crippen molar-refractivity contribution in [2.75, 3.05) is 13.1 Å². The van der Waals surface area contributed by atoms with E-state index >= 15 is 0 Å². The lowest BCUT2D eigenvalue weighted by molar-refractivity contribution is -0.384. The van der Waals surface area contributed by atoms with Crippen molar-refractivity contribution in [3.05, 3.63) is 62.1 Å². The molecule has 3 rings (SSSR count). The van der Waals surface area contributed by atoms with Gasteiger partial charge in [0.05, 0.1) is 4.92 Å². The van der Waals surface area contributed by atoms with Crippen LogP contribution in [0.5, 0.6) is 0 Å². The quantitative estimate of drug-likeness (QED) is 0.597. The molecule has 0 aliphatic carbocycles. The number of hydrogen-bond acceptors (Lipinski definition) is 6. The number of aromatic nitrogens is 2. The van der Waals surface area contributed by atoms with Crippen LogP contribution in [0.4, 0.5) is 5.69 Å². The number of nitro groups is 1. The molecule has 1 atom stereocenters. The number of carbonyl (C=O) groups is 1. The first-order valence-electron chi connectivity index (χ1n) is 8.33. The number of nitrogens with zero attached hydrogens (tertiary/aromatic N) is 3. The van der Waals surface area contributed by atoms with Crippen LogP contribution in [-0.4, -0.2) is 39.7 Å². The number of hydrogen-bond donors (Lipinski definition) is 2. The summed E-state index contributed by atoms with van der Waals surface area (Å²) >= 11 is 0. The Hall–Kier alpha value is -2.78. The monoisotopic (exact) mass is 393 g/mol. The molecule has 0 spiro atoms. The van der Waals surface area contributed by atoms with Crippen molar-refractivity contribution >= 4 is 24.0 Å². The van der Waals surface area contributed by atoms with Gasteiger partial charge in [0.15, 0.2) is 5.69 Å². The van der Waals surface area contributed by atoms with Crippen molar-refractivity contribution < 1.29 is 9.72 Å². The molecule has 1 saturated heterocycles. The zero-order valence-electron chi connectivity index (χ0n) is 14.7.